The largest absolute Gasteiger partial charge is 0.391 e. The van der Waals surface area contributed by atoms with Crippen LogP contribution in [0.1, 0.15) is 12.0 Å². The lowest BCUT2D eigenvalue weighted by molar-refractivity contribution is -0.00841. The molecule has 2 N–H and O–H groups in total. The second-order valence-electron chi connectivity index (χ2n) is 4.47. The summed E-state index contributed by atoms with van der Waals surface area (Å²) >= 11 is 0. The van der Waals surface area contributed by atoms with Crippen LogP contribution in [0.15, 0.2) is 29.2 Å². The van der Waals surface area contributed by atoms with Gasteiger partial charge in [-0.15, -0.1) is 0 Å². The molecule has 0 spiro atoms. The molecule has 1 saturated heterocycles. The van der Waals surface area contributed by atoms with Gasteiger partial charge in [-0.25, -0.2) is 13.1 Å². The van der Waals surface area contributed by atoms with Gasteiger partial charge in [0, 0.05) is 6.61 Å². The third kappa shape index (κ3) is 3.08. The van der Waals surface area contributed by atoms with E-state index in [0.29, 0.717) is 13.0 Å². The van der Waals surface area contributed by atoms with Gasteiger partial charge in [0.05, 0.1) is 23.6 Å². The van der Waals surface area contributed by atoms with Gasteiger partial charge in [0.1, 0.15) is 0 Å². The lowest BCUT2D eigenvalue weighted by atomic mass is 10.1. The molecule has 6 heteroatoms. The summed E-state index contributed by atoms with van der Waals surface area (Å²) in [7, 11) is -3.60. The summed E-state index contributed by atoms with van der Waals surface area (Å²) in [5.41, 5.74) is 0.995. The van der Waals surface area contributed by atoms with Gasteiger partial charge in [-0.1, -0.05) is 17.7 Å². The Balaban J connectivity index is 2.13. The number of rotatable bonds is 3. The highest BCUT2D eigenvalue weighted by molar-refractivity contribution is 7.89. The Bertz CT molecular complexity index is 497. The molecule has 1 aliphatic rings. The zero-order valence-electron chi connectivity index (χ0n) is 10.2. The van der Waals surface area contributed by atoms with Crippen molar-refractivity contribution in [3.63, 3.8) is 0 Å². The van der Waals surface area contributed by atoms with Crippen LogP contribution >= 0.6 is 0 Å². The number of aryl methyl sites for hydroxylation is 1. The van der Waals surface area contributed by atoms with Crippen LogP contribution in [-0.4, -0.2) is 38.9 Å². The van der Waals surface area contributed by atoms with E-state index >= 15 is 0 Å². The molecule has 2 rings (SSSR count). The van der Waals surface area contributed by atoms with Crippen LogP contribution < -0.4 is 4.72 Å². The molecule has 1 aliphatic heterocycles. The van der Waals surface area contributed by atoms with Gasteiger partial charge >= 0.3 is 0 Å². The normalized spacial score (nSPS) is 25.0. The number of ether oxygens (including phenoxy) is 1. The van der Waals surface area contributed by atoms with E-state index in [-0.39, 0.29) is 11.5 Å². The van der Waals surface area contributed by atoms with Gasteiger partial charge in [-0.3, -0.25) is 0 Å². The van der Waals surface area contributed by atoms with E-state index < -0.39 is 22.2 Å². The van der Waals surface area contributed by atoms with Gasteiger partial charge in [-0.2, -0.15) is 0 Å². The first kappa shape index (κ1) is 13.5. The van der Waals surface area contributed by atoms with Crippen molar-refractivity contribution in [2.75, 3.05) is 13.2 Å². The van der Waals surface area contributed by atoms with Gasteiger partial charge in [0.15, 0.2) is 0 Å². The van der Waals surface area contributed by atoms with E-state index in [2.05, 4.69) is 4.72 Å². The molecular formula is C12H17NO4S. The Morgan fingerprint density at radius 1 is 1.33 bits per heavy atom. The molecule has 2 atom stereocenters. The summed E-state index contributed by atoms with van der Waals surface area (Å²) in [6.07, 6.45) is -0.250. The van der Waals surface area contributed by atoms with Crippen molar-refractivity contribution in [2.45, 2.75) is 30.4 Å². The van der Waals surface area contributed by atoms with Gasteiger partial charge in [0.25, 0.3) is 0 Å². The van der Waals surface area contributed by atoms with E-state index in [4.69, 9.17) is 4.74 Å². The average Bonchev–Trinajstić information content (AvgIpc) is 2.32. The molecular weight excluding hydrogens is 254 g/mol. The van der Waals surface area contributed by atoms with E-state index in [1.54, 1.807) is 24.3 Å². The van der Waals surface area contributed by atoms with Crippen molar-refractivity contribution in [3.8, 4) is 0 Å². The Hall–Kier alpha value is -0.950. The minimum absolute atomic E-state index is 0.200. The zero-order chi connectivity index (χ0) is 13.2. The number of benzene rings is 1. The number of hydrogen-bond donors (Lipinski definition) is 2. The van der Waals surface area contributed by atoms with Crippen LogP contribution in [0, 0.1) is 6.92 Å². The van der Waals surface area contributed by atoms with Gasteiger partial charge in [0.2, 0.25) is 10.0 Å². The molecule has 0 radical (unpaired) electrons. The lowest BCUT2D eigenvalue weighted by Gasteiger charge is -2.28. The minimum atomic E-state index is -3.60. The van der Waals surface area contributed by atoms with E-state index in [1.165, 1.54) is 0 Å². The Kier molecular flexibility index (Phi) is 4.01. The smallest absolute Gasteiger partial charge is 0.240 e. The summed E-state index contributed by atoms with van der Waals surface area (Å²) in [4.78, 5) is 0.200. The van der Waals surface area contributed by atoms with Crippen molar-refractivity contribution >= 4 is 10.0 Å². The number of aliphatic hydroxyl groups excluding tert-OH is 1. The number of nitrogens with one attached hydrogen (secondary N) is 1. The quantitative estimate of drug-likeness (QED) is 0.835. The van der Waals surface area contributed by atoms with Crippen LogP contribution in [0.25, 0.3) is 0 Å². The molecule has 0 unspecified atom stereocenters. The highest BCUT2D eigenvalue weighted by atomic mass is 32.2. The molecule has 0 saturated carbocycles. The first-order valence-corrected chi connectivity index (χ1v) is 7.32. The minimum Gasteiger partial charge on any atom is -0.391 e. The molecule has 0 aliphatic carbocycles. The molecule has 0 aromatic heterocycles. The van der Waals surface area contributed by atoms with Crippen molar-refractivity contribution in [3.05, 3.63) is 29.8 Å². The molecule has 100 valence electrons. The standard InChI is InChI=1S/C12H17NO4S/c1-9-2-4-10(5-3-9)18(15,16)13-11-8-17-7-6-12(11)14/h2-5,11-14H,6-8H2,1H3/t11-,12-/m0/s1. The van der Waals surface area contributed by atoms with E-state index in [9.17, 15) is 13.5 Å². The number of hydrogen-bond acceptors (Lipinski definition) is 4. The Morgan fingerprint density at radius 3 is 2.61 bits per heavy atom. The predicted octanol–water partition coefficient (Wildman–Crippen LogP) is 0.423. The molecule has 1 heterocycles. The molecule has 1 fully saturated rings. The maximum atomic E-state index is 12.1. The SMILES string of the molecule is Cc1ccc(S(=O)(=O)N[C@H]2COCC[C@@H]2O)cc1. The molecule has 18 heavy (non-hydrogen) atoms. The highest BCUT2D eigenvalue weighted by Gasteiger charge is 2.28. The fourth-order valence-corrected chi connectivity index (χ4v) is 3.08. The first-order valence-electron chi connectivity index (χ1n) is 5.84. The van der Waals surface area contributed by atoms with Crippen molar-refractivity contribution in [2.24, 2.45) is 0 Å². The van der Waals surface area contributed by atoms with Crippen LogP contribution in [-0.2, 0) is 14.8 Å². The number of aliphatic hydroxyl groups is 1. The van der Waals surface area contributed by atoms with Gasteiger partial charge in [-0.05, 0) is 25.5 Å². The summed E-state index contributed by atoms with van der Waals surface area (Å²) in [5.74, 6) is 0. The summed E-state index contributed by atoms with van der Waals surface area (Å²) in [6.45, 7) is 2.55. The fraction of sp³-hybridized carbons (Fsp3) is 0.500. The highest BCUT2D eigenvalue weighted by Crippen LogP contribution is 2.14. The third-order valence-corrected chi connectivity index (χ3v) is 4.46. The lowest BCUT2D eigenvalue weighted by Crippen LogP contribution is -2.49. The molecule has 5 nitrogen and oxygen atoms in total. The van der Waals surface area contributed by atoms with Crippen molar-refractivity contribution < 1.29 is 18.3 Å². The van der Waals surface area contributed by atoms with Crippen LogP contribution in [0.2, 0.25) is 0 Å². The first-order chi connectivity index (χ1) is 8.49. The summed E-state index contributed by atoms with van der Waals surface area (Å²) in [5, 5.41) is 9.72. The fourth-order valence-electron chi connectivity index (χ4n) is 1.82. The van der Waals surface area contributed by atoms with Crippen LogP contribution in [0.3, 0.4) is 0 Å². The Labute approximate surface area is 107 Å². The monoisotopic (exact) mass is 271 g/mol. The van der Waals surface area contributed by atoms with Gasteiger partial charge < -0.3 is 9.84 Å². The summed E-state index contributed by atoms with van der Waals surface area (Å²) < 4.78 is 31.8. The number of sulfonamides is 1. The average molecular weight is 271 g/mol. The predicted molar refractivity (Wildman–Crippen MR) is 66.7 cm³/mol. The zero-order valence-corrected chi connectivity index (χ0v) is 11.0. The topological polar surface area (TPSA) is 75.6 Å². The second-order valence-corrected chi connectivity index (χ2v) is 6.19. The van der Waals surface area contributed by atoms with Crippen LogP contribution in [0.4, 0.5) is 0 Å². The molecule has 1 aromatic rings. The maximum Gasteiger partial charge on any atom is 0.240 e. The second kappa shape index (κ2) is 5.36. The third-order valence-electron chi connectivity index (χ3n) is 2.96. The Morgan fingerprint density at radius 2 is 2.00 bits per heavy atom. The van der Waals surface area contributed by atoms with Crippen molar-refractivity contribution in [1.82, 2.24) is 4.72 Å². The van der Waals surface area contributed by atoms with E-state index in [0.717, 1.165) is 5.56 Å². The van der Waals surface area contributed by atoms with E-state index in [1.807, 2.05) is 6.92 Å². The maximum absolute atomic E-state index is 12.1. The molecule has 0 amide bonds. The summed E-state index contributed by atoms with van der Waals surface area (Å²) in [6, 6.07) is 6.00. The van der Waals surface area contributed by atoms with Crippen LogP contribution in [0.5, 0.6) is 0 Å². The molecule has 0 bridgehead atoms. The molecule has 1 aromatic carbocycles. The van der Waals surface area contributed by atoms with Crippen molar-refractivity contribution in [1.29, 1.82) is 0 Å².